The van der Waals surface area contributed by atoms with E-state index in [0.717, 1.165) is 10.8 Å². The molecule has 0 fully saturated rings. The molecule has 0 saturated carbocycles. The highest BCUT2D eigenvalue weighted by molar-refractivity contribution is 6.00. The van der Waals surface area contributed by atoms with Crippen molar-refractivity contribution in [1.29, 1.82) is 0 Å². The molecular weight excluding hydrogens is 350 g/mol. The van der Waals surface area contributed by atoms with Crippen LogP contribution in [0.25, 0.3) is 10.8 Å². The van der Waals surface area contributed by atoms with Crippen LogP contribution in [0.15, 0.2) is 42.5 Å². The summed E-state index contributed by atoms with van der Waals surface area (Å²) >= 11 is 0. The molecule has 0 heterocycles. The number of hydrogen-bond acceptors (Lipinski definition) is 5. The number of carbonyl (C=O) groups excluding carboxylic acids is 4. The quantitative estimate of drug-likeness (QED) is 0.663. The zero-order chi connectivity index (χ0) is 19.8. The summed E-state index contributed by atoms with van der Waals surface area (Å²) in [5.41, 5.74) is 0.407. The SMILES string of the molecule is CC(C)NC(=O)NC(=O)COC(=O)CNC(=O)c1ccc2ccccc2c1. The van der Waals surface area contributed by atoms with E-state index < -0.39 is 37.0 Å². The van der Waals surface area contributed by atoms with Gasteiger partial charge in [0.1, 0.15) is 6.54 Å². The van der Waals surface area contributed by atoms with Crippen molar-refractivity contribution in [3.63, 3.8) is 0 Å². The molecule has 0 aliphatic heterocycles. The minimum absolute atomic E-state index is 0.134. The van der Waals surface area contributed by atoms with E-state index in [-0.39, 0.29) is 6.04 Å². The van der Waals surface area contributed by atoms with Gasteiger partial charge in [-0.25, -0.2) is 4.79 Å². The molecule has 2 aromatic carbocycles. The van der Waals surface area contributed by atoms with Gasteiger partial charge in [0.25, 0.3) is 11.8 Å². The minimum atomic E-state index is -0.788. The molecule has 0 bridgehead atoms. The van der Waals surface area contributed by atoms with E-state index in [2.05, 4.69) is 10.6 Å². The third-order valence-corrected chi connectivity index (χ3v) is 3.44. The van der Waals surface area contributed by atoms with Gasteiger partial charge in [0.05, 0.1) is 0 Å². The van der Waals surface area contributed by atoms with E-state index in [1.807, 2.05) is 35.6 Å². The minimum Gasteiger partial charge on any atom is -0.454 e. The average molecular weight is 371 g/mol. The Labute approximate surface area is 156 Å². The van der Waals surface area contributed by atoms with Gasteiger partial charge in [-0.05, 0) is 36.8 Å². The van der Waals surface area contributed by atoms with E-state index in [1.54, 1.807) is 26.0 Å². The molecule has 4 amide bonds. The van der Waals surface area contributed by atoms with Gasteiger partial charge < -0.3 is 15.4 Å². The van der Waals surface area contributed by atoms with Crippen LogP contribution in [0.4, 0.5) is 4.79 Å². The predicted molar refractivity (Wildman–Crippen MR) is 99.1 cm³/mol. The van der Waals surface area contributed by atoms with Gasteiger partial charge in [-0.2, -0.15) is 0 Å². The number of fused-ring (bicyclic) bond motifs is 1. The topological polar surface area (TPSA) is 114 Å². The maximum atomic E-state index is 12.1. The molecule has 0 aliphatic rings. The van der Waals surface area contributed by atoms with Crippen molar-refractivity contribution in [2.24, 2.45) is 0 Å². The average Bonchev–Trinajstić information content (AvgIpc) is 2.63. The number of rotatable bonds is 6. The lowest BCUT2D eigenvalue weighted by molar-refractivity contribution is -0.147. The smallest absolute Gasteiger partial charge is 0.325 e. The van der Waals surface area contributed by atoms with Gasteiger partial charge in [0.15, 0.2) is 6.61 Å². The van der Waals surface area contributed by atoms with Crippen LogP contribution in [0, 0.1) is 0 Å². The van der Waals surface area contributed by atoms with Gasteiger partial charge in [-0.15, -0.1) is 0 Å². The normalized spacial score (nSPS) is 10.3. The molecule has 0 spiro atoms. The lowest BCUT2D eigenvalue weighted by atomic mass is 10.1. The first-order valence-corrected chi connectivity index (χ1v) is 8.38. The van der Waals surface area contributed by atoms with Crippen molar-refractivity contribution in [1.82, 2.24) is 16.0 Å². The molecule has 0 aromatic heterocycles. The Morgan fingerprint density at radius 2 is 1.70 bits per heavy atom. The number of nitrogens with one attached hydrogen (secondary N) is 3. The standard InChI is InChI=1S/C19H21N3O5/c1-12(2)21-19(26)22-16(23)11-27-17(24)10-20-18(25)15-8-7-13-5-3-4-6-14(13)9-15/h3-9,12H,10-11H2,1-2H3,(H,20,25)(H2,21,22,23,26). The van der Waals surface area contributed by atoms with Crippen molar-refractivity contribution in [3.8, 4) is 0 Å². The van der Waals surface area contributed by atoms with Crippen molar-refractivity contribution in [3.05, 3.63) is 48.0 Å². The third-order valence-electron chi connectivity index (χ3n) is 3.44. The summed E-state index contributed by atoms with van der Waals surface area (Å²) in [4.78, 5) is 46.6. The highest BCUT2D eigenvalue weighted by Crippen LogP contribution is 2.15. The Balaban J connectivity index is 1.76. The molecule has 2 rings (SSSR count). The maximum Gasteiger partial charge on any atom is 0.325 e. The molecule has 3 N–H and O–H groups in total. The van der Waals surface area contributed by atoms with Crippen LogP contribution < -0.4 is 16.0 Å². The molecule has 8 nitrogen and oxygen atoms in total. The predicted octanol–water partition coefficient (Wildman–Crippen LogP) is 1.35. The number of amides is 4. The second kappa shape index (κ2) is 9.33. The summed E-state index contributed by atoms with van der Waals surface area (Å²) in [5.74, 6) is -1.98. The van der Waals surface area contributed by atoms with Gasteiger partial charge >= 0.3 is 12.0 Å². The molecule has 0 aliphatic carbocycles. The van der Waals surface area contributed by atoms with Crippen LogP contribution in [0.2, 0.25) is 0 Å². The zero-order valence-electron chi connectivity index (χ0n) is 15.1. The Morgan fingerprint density at radius 1 is 1.00 bits per heavy atom. The van der Waals surface area contributed by atoms with Crippen molar-refractivity contribution < 1.29 is 23.9 Å². The van der Waals surface area contributed by atoms with E-state index in [9.17, 15) is 19.2 Å². The third kappa shape index (κ3) is 6.43. The first-order valence-electron chi connectivity index (χ1n) is 8.38. The van der Waals surface area contributed by atoms with E-state index in [4.69, 9.17) is 4.74 Å². The Kier molecular flexibility index (Phi) is 6.87. The molecule has 142 valence electrons. The number of esters is 1. The van der Waals surface area contributed by atoms with Gasteiger partial charge in [-0.1, -0.05) is 30.3 Å². The van der Waals surface area contributed by atoms with Crippen LogP contribution in [-0.4, -0.2) is 43.0 Å². The Hall–Kier alpha value is -3.42. The number of ether oxygens (including phenoxy) is 1. The first-order chi connectivity index (χ1) is 12.8. The van der Waals surface area contributed by atoms with E-state index >= 15 is 0 Å². The fourth-order valence-electron chi connectivity index (χ4n) is 2.24. The number of benzene rings is 2. The molecule has 0 saturated heterocycles. The van der Waals surface area contributed by atoms with Crippen molar-refractivity contribution >= 4 is 34.6 Å². The van der Waals surface area contributed by atoms with E-state index in [1.165, 1.54) is 0 Å². The van der Waals surface area contributed by atoms with Crippen LogP contribution in [0.3, 0.4) is 0 Å². The number of hydrogen-bond donors (Lipinski definition) is 3. The highest BCUT2D eigenvalue weighted by atomic mass is 16.5. The molecule has 27 heavy (non-hydrogen) atoms. The Bertz CT molecular complexity index is 863. The lowest BCUT2D eigenvalue weighted by Crippen LogP contribution is -2.44. The monoisotopic (exact) mass is 371 g/mol. The molecule has 0 radical (unpaired) electrons. The molecule has 8 heteroatoms. The molecular formula is C19H21N3O5. The summed E-state index contributed by atoms with van der Waals surface area (Å²) in [7, 11) is 0. The first kappa shape index (κ1) is 19.9. The summed E-state index contributed by atoms with van der Waals surface area (Å²) in [6.07, 6.45) is 0. The van der Waals surface area contributed by atoms with Gasteiger partial charge in [-0.3, -0.25) is 19.7 Å². The summed E-state index contributed by atoms with van der Waals surface area (Å²) < 4.78 is 4.72. The second-order valence-electron chi connectivity index (χ2n) is 6.08. The zero-order valence-corrected chi connectivity index (χ0v) is 15.1. The largest absolute Gasteiger partial charge is 0.454 e. The molecule has 0 atom stereocenters. The van der Waals surface area contributed by atoms with Crippen LogP contribution >= 0.6 is 0 Å². The van der Waals surface area contributed by atoms with Crippen LogP contribution in [0.1, 0.15) is 24.2 Å². The fourth-order valence-corrected chi connectivity index (χ4v) is 2.24. The van der Waals surface area contributed by atoms with Crippen molar-refractivity contribution in [2.75, 3.05) is 13.2 Å². The summed E-state index contributed by atoms with van der Waals surface area (Å²) in [6.45, 7) is 2.47. The molecule has 2 aromatic rings. The molecule has 0 unspecified atom stereocenters. The number of urea groups is 1. The number of carbonyl (C=O) groups is 4. The second-order valence-corrected chi connectivity index (χ2v) is 6.08. The maximum absolute atomic E-state index is 12.1. The fraction of sp³-hybridized carbons (Fsp3) is 0.263. The summed E-state index contributed by atoms with van der Waals surface area (Å²) in [6, 6.07) is 12.0. The Morgan fingerprint density at radius 3 is 2.41 bits per heavy atom. The van der Waals surface area contributed by atoms with E-state index in [0.29, 0.717) is 5.56 Å². The van der Waals surface area contributed by atoms with Gasteiger partial charge in [0, 0.05) is 11.6 Å². The van der Waals surface area contributed by atoms with Crippen LogP contribution in [0.5, 0.6) is 0 Å². The summed E-state index contributed by atoms with van der Waals surface area (Å²) in [5, 5.41) is 8.82. The van der Waals surface area contributed by atoms with Crippen molar-refractivity contribution in [2.45, 2.75) is 19.9 Å². The number of imide groups is 1. The highest BCUT2D eigenvalue weighted by Gasteiger charge is 2.13. The lowest BCUT2D eigenvalue weighted by Gasteiger charge is -2.10. The van der Waals surface area contributed by atoms with Gasteiger partial charge in [0.2, 0.25) is 0 Å². The van der Waals surface area contributed by atoms with Crippen LogP contribution in [-0.2, 0) is 14.3 Å².